The lowest BCUT2D eigenvalue weighted by Crippen LogP contribution is -2.06. The van der Waals surface area contributed by atoms with Crippen LogP contribution in [0, 0.1) is 0 Å². The van der Waals surface area contributed by atoms with Crippen molar-refractivity contribution in [3.63, 3.8) is 0 Å². The molecule has 0 unspecified atom stereocenters. The molecule has 2 aliphatic rings. The van der Waals surface area contributed by atoms with E-state index in [1.807, 2.05) is 0 Å². The van der Waals surface area contributed by atoms with Gasteiger partial charge in [0.1, 0.15) is 57.1 Å². The van der Waals surface area contributed by atoms with Crippen LogP contribution in [0.1, 0.15) is 261 Å². The Morgan fingerprint density at radius 1 is 0.221 bits per heavy atom. The van der Waals surface area contributed by atoms with E-state index in [9.17, 15) is 51.9 Å². The molecule has 0 spiro atoms. The van der Waals surface area contributed by atoms with E-state index in [1.54, 1.807) is 0 Å². The van der Waals surface area contributed by atoms with E-state index in [0.29, 0.717) is 73.6 Å². The molecule has 754 valence electrons. The van der Waals surface area contributed by atoms with Crippen molar-refractivity contribution < 1.29 is 89.8 Å². The third-order valence-corrected chi connectivity index (χ3v) is 29.6. The molecule has 0 saturated heterocycles. The number of nitrogens with one attached hydrogen (secondary N) is 2. The van der Waals surface area contributed by atoms with Gasteiger partial charge < -0.3 is 47.9 Å². The van der Waals surface area contributed by atoms with E-state index in [1.165, 1.54) is 97.1 Å². The number of unbranched alkanes of at least 4 members (excludes halogenated alkanes) is 24. The molecule has 11 aromatic rings. The summed E-state index contributed by atoms with van der Waals surface area (Å²) in [6, 6.07) is 22.0. The number of rotatable bonds is 56. The van der Waals surface area contributed by atoms with Gasteiger partial charge in [0.05, 0.1) is 136 Å². The highest BCUT2D eigenvalue weighted by molar-refractivity contribution is 7.86. The number of H-pyrrole nitrogens is 2. The number of aromatic amines is 2. The molecule has 3 aromatic heterocycles. The predicted molar refractivity (Wildman–Crippen MR) is 554 cm³/mol. The van der Waals surface area contributed by atoms with Crippen LogP contribution in [0.15, 0.2) is 117 Å². The smallest absolute Gasteiger partial charge is 0.294 e. The van der Waals surface area contributed by atoms with Gasteiger partial charge in [-0.3, -0.25) is 18.2 Å². The van der Waals surface area contributed by atoms with E-state index < -0.39 is 60.1 Å². The summed E-state index contributed by atoms with van der Waals surface area (Å²) in [7, 11) is -19.1. The normalized spacial score (nSPS) is 12.2. The fraction of sp³-hybridized carbons (Fsp3) is 0.462. The van der Waals surface area contributed by atoms with Gasteiger partial charge in [-0.15, -0.1) is 0 Å². The highest BCUT2D eigenvalue weighted by Gasteiger charge is 2.40. The summed E-state index contributed by atoms with van der Waals surface area (Å²) >= 11 is 32.9. The maximum absolute atomic E-state index is 13.1. The minimum Gasteiger partial charge on any atom is -0.492 e. The Balaban J connectivity index is 1.37. The molecule has 8 aromatic carbocycles. The van der Waals surface area contributed by atoms with Gasteiger partial charge in [0, 0.05) is 22.3 Å². The first-order valence-corrected chi connectivity index (χ1v) is 56.5. The predicted octanol–water partition coefficient (Wildman–Crippen LogP) is 28.8. The van der Waals surface area contributed by atoms with Crippen molar-refractivity contribution in [1.82, 2.24) is 39.9 Å². The first kappa shape index (κ1) is 108. The zero-order valence-corrected chi connectivity index (χ0v) is 87.0. The van der Waals surface area contributed by atoms with Gasteiger partial charge in [0.2, 0.25) is 0 Å². The van der Waals surface area contributed by atoms with Crippen molar-refractivity contribution in [3.05, 3.63) is 117 Å². The fourth-order valence-electron chi connectivity index (χ4n) is 17.4. The lowest BCUT2D eigenvalue weighted by Gasteiger charge is -2.21. The average molecular weight is 2080 g/mol. The molecule has 0 radical (unpaired) electrons. The molecule has 2 aliphatic heterocycles. The van der Waals surface area contributed by atoms with Crippen LogP contribution in [0.2, 0.25) is 20.1 Å². The van der Waals surface area contributed by atoms with Crippen molar-refractivity contribution >= 4 is 131 Å². The van der Waals surface area contributed by atoms with Gasteiger partial charge in [0.15, 0.2) is 34.8 Å². The molecule has 13 rings (SSSR count). The lowest BCUT2D eigenvalue weighted by atomic mass is 9.96. The molecule has 140 heavy (non-hydrogen) atoms. The standard InChI is InChI=1S/C104H126Cl4N8O20S4/c1-9-17-25-33-57-129-89-73(65-41-49-69(50-42-65)137(117,118)119)85(105)93(133-61-37-29-21-13-5)81-77(89)97-109-98-78-82(94(134-62-38-30-22-14-6)86(106)74(90(78)130-58-34-26-18-10-2)66-43-51-70(52-44-66)138(120,121)122)103(112-98)116-104-84-80(92(132-60-36-28-20-12-4)76(68-47-55-72(56-48-68)140(126,127)128)88(108)96(84)136-64-40-32-24-16-8)100(114-104)110-99-79-83(102(113-99)115-101(81)111-97)95(135-63-39-31-23-15-7)87(107)75(91(79)131-59-35-27-19-11-3)67-45-53-71(54-46-67)139(123,124)125/h41-56H,9-40,57-64H2,1-8H3,(H,117,118,119)(H,120,121,122)(H,123,124,125)(H,126,127,128)(H2,109,110,111,112,113,114,115,116). The van der Waals surface area contributed by atoms with Crippen molar-refractivity contribution in [2.24, 2.45) is 0 Å². The third-order valence-electron chi connectivity index (χ3n) is 24.7. The van der Waals surface area contributed by atoms with Crippen LogP contribution in [0.3, 0.4) is 0 Å². The Hall–Kier alpha value is -9.68. The molecule has 0 aliphatic carbocycles. The maximum Gasteiger partial charge on any atom is 0.294 e. The van der Waals surface area contributed by atoms with Crippen LogP contribution in [0.4, 0.5) is 0 Å². The van der Waals surface area contributed by atoms with Gasteiger partial charge >= 0.3 is 0 Å². The number of halogens is 4. The number of ether oxygens (including phenoxy) is 8. The number of benzene rings is 8. The summed E-state index contributed by atoms with van der Waals surface area (Å²) in [6.07, 6.45) is 23.8. The fourth-order valence-corrected chi connectivity index (χ4v) is 20.7. The zero-order valence-electron chi connectivity index (χ0n) is 80.7. The zero-order chi connectivity index (χ0) is 100. The van der Waals surface area contributed by atoms with Gasteiger partial charge in [-0.1, -0.05) is 304 Å². The molecule has 5 heterocycles. The number of fused-ring (bicyclic) bond motifs is 20. The van der Waals surface area contributed by atoms with Gasteiger partial charge in [-0.2, -0.15) is 33.7 Å². The van der Waals surface area contributed by atoms with Crippen LogP contribution in [-0.2, 0) is 40.5 Å². The van der Waals surface area contributed by atoms with Crippen LogP contribution in [-0.4, -0.2) is 145 Å². The topological polar surface area (TPSA) is 400 Å². The Morgan fingerprint density at radius 3 is 0.600 bits per heavy atom. The first-order chi connectivity index (χ1) is 67.5. The van der Waals surface area contributed by atoms with Crippen LogP contribution in [0.25, 0.3) is 134 Å². The Kier molecular flexibility index (Phi) is 38.4. The summed E-state index contributed by atoms with van der Waals surface area (Å²) in [4.78, 5) is 40.3. The Bertz CT molecular complexity index is 6470. The summed E-state index contributed by atoms with van der Waals surface area (Å²) in [5.41, 5.74) is 2.57. The van der Waals surface area contributed by atoms with Crippen LogP contribution < -0.4 is 37.9 Å². The highest BCUT2D eigenvalue weighted by Crippen LogP contribution is 2.61. The summed E-state index contributed by atoms with van der Waals surface area (Å²) in [5.74, 6) is 0.0688. The van der Waals surface area contributed by atoms with Gasteiger partial charge in [0.25, 0.3) is 40.5 Å². The second kappa shape index (κ2) is 50.0. The number of hydrogen-bond acceptors (Lipinski definition) is 22. The van der Waals surface area contributed by atoms with Crippen molar-refractivity contribution in [3.8, 4) is 136 Å². The quantitative estimate of drug-likeness (QED) is 0.0152. The monoisotopic (exact) mass is 2070 g/mol. The van der Waals surface area contributed by atoms with Crippen LogP contribution >= 0.6 is 46.4 Å². The molecule has 0 fully saturated rings. The average Bonchev–Trinajstić information content (AvgIpc) is 1.52. The maximum atomic E-state index is 13.1. The second-order valence-corrected chi connectivity index (χ2v) is 42.5. The third kappa shape index (κ3) is 25.4. The van der Waals surface area contributed by atoms with Crippen molar-refractivity contribution in [2.45, 2.75) is 280 Å². The van der Waals surface area contributed by atoms with E-state index in [2.05, 4.69) is 65.4 Å². The minimum absolute atomic E-state index is 0.0184. The summed E-state index contributed by atoms with van der Waals surface area (Å²) in [6.45, 7) is 17.3. The molecule has 6 N–H and O–H groups in total. The summed E-state index contributed by atoms with van der Waals surface area (Å²) < 4.78 is 205. The largest absolute Gasteiger partial charge is 0.492 e. The van der Waals surface area contributed by atoms with E-state index in [4.69, 9.17) is 114 Å². The Labute approximate surface area is 840 Å². The summed E-state index contributed by atoms with van der Waals surface area (Å²) in [5, 5.41) is 0.623. The number of aromatic nitrogens is 8. The first-order valence-electron chi connectivity index (χ1n) is 49.2. The molecule has 36 heteroatoms. The SMILES string of the molecule is CCCCCCOc1c(Cl)c(-c2ccc(S(=O)(=O)O)cc2)c(OCCCCCC)c2c1-c1nc-2nc2[nH]c(nc3nc(nc4[nH]c(n1)c1c(OCCCCCC)c(Cl)c(-c5ccc(S(=O)(=O)O)cc5)c(OCCCCCC)c41)-c1c(OCCCCCC)c(-c4ccc(S(=O)(=O)O)cc4)c(Cl)c(OCCCCCC)c1-3)c1c(OCCCCCC)c(Cl)c(-c3ccc(S(=O)(=O)O)cc3)c(OCCCCCC)c21. The van der Waals surface area contributed by atoms with E-state index in [0.717, 1.165) is 154 Å². The lowest BCUT2D eigenvalue weighted by molar-refractivity contribution is 0.300. The van der Waals surface area contributed by atoms with Gasteiger partial charge in [-0.25, -0.2) is 29.9 Å². The highest BCUT2D eigenvalue weighted by atomic mass is 35.5. The van der Waals surface area contributed by atoms with Crippen LogP contribution in [0.5, 0.6) is 46.0 Å². The minimum atomic E-state index is -4.78. The Morgan fingerprint density at radius 2 is 0.393 bits per heavy atom. The molecule has 8 bridgehead atoms. The van der Waals surface area contributed by atoms with Crippen molar-refractivity contribution in [1.29, 1.82) is 0 Å². The molecule has 28 nitrogen and oxygen atoms in total. The number of hydrogen-bond donors (Lipinski definition) is 6. The van der Waals surface area contributed by atoms with E-state index in [-0.39, 0.29) is 231 Å². The molecule has 0 saturated carbocycles. The molecule has 0 amide bonds. The molecule has 0 atom stereocenters. The molecular formula is C104H126Cl4N8O20S4. The van der Waals surface area contributed by atoms with Crippen molar-refractivity contribution in [2.75, 3.05) is 52.9 Å². The molecular weight excluding hydrogens is 1950 g/mol. The second-order valence-electron chi connectivity index (χ2n) is 35.3. The number of nitrogens with zero attached hydrogens (tertiary/aromatic N) is 6. The van der Waals surface area contributed by atoms with E-state index >= 15 is 0 Å². The van der Waals surface area contributed by atoms with Gasteiger partial charge in [-0.05, 0) is 122 Å².